The van der Waals surface area contributed by atoms with Gasteiger partial charge in [0.25, 0.3) is 0 Å². The highest BCUT2D eigenvalue weighted by atomic mass is 16.5. The minimum atomic E-state index is -0.811. The Morgan fingerprint density at radius 3 is 1.30 bits per heavy atom. The lowest BCUT2D eigenvalue weighted by Crippen LogP contribution is -2.46. The van der Waals surface area contributed by atoms with Gasteiger partial charge in [0.1, 0.15) is 6.10 Å². The Bertz CT molecular complexity index is 1270. The molecule has 6 heteroatoms. The van der Waals surface area contributed by atoms with Crippen molar-refractivity contribution in [2.75, 3.05) is 6.61 Å². The van der Waals surface area contributed by atoms with Gasteiger partial charge in [0, 0.05) is 6.42 Å². The number of ether oxygens (including phenoxy) is 1. The van der Waals surface area contributed by atoms with Gasteiger partial charge in [0.15, 0.2) is 0 Å². The smallest absolute Gasteiger partial charge is 0.306 e. The zero-order chi connectivity index (χ0) is 46.7. The quantitative estimate of drug-likeness (QED) is 0.0321. The fourth-order valence-electron chi connectivity index (χ4n) is 7.57. The van der Waals surface area contributed by atoms with Gasteiger partial charge in [-0.25, -0.2) is 0 Å². The molecule has 0 aromatic carbocycles. The molecule has 64 heavy (non-hydrogen) atoms. The summed E-state index contributed by atoms with van der Waals surface area (Å²) >= 11 is 0. The molecular weight excluding hydrogens is 791 g/mol. The third-order valence-corrected chi connectivity index (χ3v) is 11.6. The molecule has 0 aliphatic heterocycles. The summed E-state index contributed by atoms with van der Waals surface area (Å²) in [5.41, 5.74) is 0. The predicted octanol–water partition coefficient (Wildman–Crippen LogP) is 16.1. The van der Waals surface area contributed by atoms with Crippen LogP contribution in [0.3, 0.4) is 0 Å². The van der Waals surface area contributed by atoms with Gasteiger partial charge < -0.3 is 20.3 Å². The number of rotatable bonds is 46. The van der Waals surface area contributed by atoms with Gasteiger partial charge in [-0.3, -0.25) is 9.59 Å². The second kappa shape index (κ2) is 50.8. The van der Waals surface area contributed by atoms with Crippen molar-refractivity contribution >= 4 is 11.9 Å². The second-order valence-corrected chi connectivity index (χ2v) is 17.7. The first-order valence-electron chi connectivity index (χ1n) is 26.6. The van der Waals surface area contributed by atoms with E-state index < -0.39 is 18.2 Å². The first-order chi connectivity index (χ1) is 31.5. The molecule has 0 saturated carbocycles. The van der Waals surface area contributed by atoms with Crippen LogP contribution < -0.4 is 5.32 Å². The molecule has 6 nitrogen and oxygen atoms in total. The number of hydrogen-bond acceptors (Lipinski definition) is 5. The van der Waals surface area contributed by atoms with E-state index >= 15 is 0 Å². The fraction of sp³-hybridized carbons (Fsp3) is 0.690. The molecule has 0 heterocycles. The SMILES string of the molecule is CC/C=C/C=C/C=C\C=C/C=C/CCCCCC(=O)OC(CCCCC/C=C/C=C/C=C/CCCCCCC)CC(=O)NC(CO)C(O)CCCCCCCCCCCCCCCC. The number of carbonyl (C=O) groups is 2. The summed E-state index contributed by atoms with van der Waals surface area (Å²) in [6.07, 6.45) is 67.4. The Hall–Kier alpha value is -3.22. The van der Waals surface area contributed by atoms with Crippen molar-refractivity contribution in [1.82, 2.24) is 5.32 Å². The topological polar surface area (TPSA) is 95.9 Å². The van der Waals surface area contributed by atoms with Gasteiger partial charge in [-0.2, -0.15) is 0 Å². The Morgan fingerprint density at radius 1 is 0.469 bits per heavy atom. The standard InChI is InChI=1S/C58H99NO5/c1-4-7-10-13-16-19-22-25-28-30-31-34-37-40-43-46-49-54(64-58(63)51-48-45-42-39-36-33-29-26-23-20-17-14-11-8-5-2)52-57(62)59-55(53-60)56(61)50-47-44-41-38-35-32-27-24-21-18-15-12-9-6-3/h8,11,14,17,20,22-23,25-26,28-31,33-34,36,54-56,60-61H,4-7,9-10,12-13,15-16,18-19,21,24,27,32,35,37-53H2,1-3H3,(H,59,62)/b11-8+,17-14+,23-20-,25-22+,29-26-,30-28+,34-31+,36-33+. The molecule has 1 amide bonds. The average Bonchev–Trinajstić information content (AvgIpc) is 3.29. The van der Waals surface area contributed by atoms with Crippen LogP contribution >= 0.6 is 0 Å². The van der Waals surface area contributed by atoms with E-state index in [-0.39, 0.29) is 24.9 Å². The summed E-state index contributed by atoms with van der Waals surface area (Å²) in [5.74, 6) is -0.562. The summed E-state index contributed by atoms with van der Waals surface area (Å²) in [5, 5.41) is 23.8. The summed E-state index contributed by atoms with van der Waals surface area (Å²) in [7, 11) is 0. The van der Waals surface area contributed by atoms with E-state index in [2.05, 4.69) is 80.8 Å². The molecule has 0 fully saturated rings. The first-order valence-corrected chi connectivity index (χ1v) is 26.6. The highest BCUT2D eigenvalue weighted by Crippen LogP contribution is 2.17. The van der Waals surface area contributed by atoms with Gasteiger partial charge in [-0.15, -0.1) is 0 Å². The number of hydrogen-bond donors (Lipinski definition) is 3. The largest absolute Gasteiger partial charge is 0.462 e. The van der Waals surface area contributed by atoms with E-state index in [1.165, 1.54) is 103 Å². The maximum absolute atomic E-state index is 13.2. The molecule has 0 saturated heterocycles. The van der Waals surface area contributed by atoms with Crippen LogP contribution in [0.1, 0.15) is 233 Å². The van der Waals surface area contributed by atoms with Crippen LogP contribution in [0.4, 0.5) is 0 Å². The number of unbranched alkanes of at least 4 members (excludes halogenated alkanes) is 24. The molecule has 366 valence electrons. The highest BCUT2D eigenvalue weighted by Gasteiger charge is 2.24. The lowest BCUT2D eigenvalue weighted by molar-refractivity contribution is -0.151. The third-order valence-electron chi connectivity index (χ3n) is 11.6. The monoisotopic (exact) mass is 890 g/mol. The maximum atomic E-state index is 13.2. The zero-order valence-corrected chi connectivity index (χ0v) is 41.6. The van der Waals surface area contributed by atoms with E-state index in [0.29, 0.717) is 19.3 Å². The van der Waals surface area contributed by atoms with E-state index in [1.54, 1.807) is 0 Å². The van der Waals surface area contributed by atoms with Crippen LogP contribution in [0, 0.1) is 0 Å². The minimum Gasteiger partial charge on any atom is -0.462 e. The lowest BCUT2D eigenvalue weighted by Gasteiger charge is -2.24. The van der Waals surface area contributed by atoms with Crippen molar-refractivity contribution in [3.63, 3.8) is 0 Å². The molecule has 0 aliphatic rings. The van der Waals surface area contributed by atoms with Gasteiger partial charge in [-0.05, 0) is 70.6 Å². The second-order valence-electron chi connectivity index (χ2n) is 17.7. The van der Waals surface area contributed by atoms with E-state index in [4.69, 9.17) is 4.74 Å². The first kappa shape index (κ1) is 60.8. The Kier molecular flexibility index (Phi) is 48.2. The Labute approximate surface area is 395 Å². The van der Waals surface area contributed by atoms with E-state index in [0.717, 1.165) is 83.5 Å². The van der Waals surface area contributed by atoms with E-state index in [1.807, 2.05) is 42.5 Å². The molecule has 0 aromatic rings. The molecule has 3 atom stereocenters. The fourth-order valence-corrected chi connectivity index (χ4v) is 7.57. The van der Waals surface area contributed by atoms with Crippen LogP contribution in [0.5, 0.6) is 0 Å². The molecule has 0 spiro atoms. The third kappa shape index (κ3) is 45.4. The summed E-state index contributed by atoms with van der Waals surface area (Å²) in [6.45, 7) is 6.30. The van der Waals surface area contributed by atoms with Crippen molar-refractivity contribution in [3.8, 4) is 0 Å². The van der Waals surface area contributed by atoms with E-state index in [9.17, 15) is 19.8 Å². The van der Waals surface area contributed by atoms with Crippen LogP contribution in [-0.4, -0.2) is 46.9 Å². The predicted molar refractivity (Wildman–Crippen MR) is 277 cm³/mol. The molecule has 0 radical (unpaired) electrons. The summed E-state index contributed by atoms with van der Waals surface area (Å²) in [6, 6.07) is -0.728. The molecule has 0 rings (SSSR count). The van der Waals surface area contributed by atoms with Gasteiger partial charge in [-0.1, -0.05) is 246 Å². The molecular formula is C58H99NO5. The Morgan fingerprint density at radius 2 is 0.844 bits per heavy atom. The number of amides is 1. The van der Waals surface area contributed by atoms with Crippen molar-refractivity contribution in [1.29, 1.82) is 0 Å². The Balaban J connectivity index is 4.75. The summed E-state index contributed by atoms with van der Waals surface area (Å²) in [4.78, 5) is 26.2. The maximum Gasteiger partial charge on any atom is 0.306 e. The normalized spacial score (nSPS) is 14.0. The van der Waals surface area contributed by atoms with Crippen molar-refractivity contribution in [2.24, 2.45) is 0 Å². The van der Waals surface area contributed by atoms with Gasteiger partial charge in [0.2, 0.25) is 5.91 Å². The number of carbonyl (C=O) groups excluding carboxylic acids is 2. The number of allylic oxidation sites excluding steroid dienone is 16. The van der Waals surface area contributed by atoms with Crippen LogP contribution in [0.25, 0.3) is 0 Å². The van der Waals surface area contributed by atoms with Crippen LogP contribution in [-0.2, 0) is 14.3 Å². The van der Waals surface area contributed by atoms with Crippen LogP contribution in [0.15, 0.2) is 97.2 Å². The van der Waals surface area contributed by atoms with Crippen molar-refractivity contribution < 1.29 is 24.5 Å². The zero-order valence-electron chi connectivity index (χ0n) is 41.6. The van der Waals surface area contributed by atoms with Crippen LogP contribution in [0.2, 0.25) is 0 Å². The lowest BCUT2D eigenvalue weighted by atomic mass is 10.0. The average molecular weight is 890 g/mol. The van der Waals surface area contributed by atoms with Crippen molar-refractivity contribution in [3.05, 3.63) is 97.2 Å². The molecule has 3 unspecified atom stereocenters. The molecule has 0 aliphatic carbocycles. The number of aliphatic hydroxyl groups excluding tert-OH is 2. The molecule has 0 aromatic heterocycles. The van der Waals surface area contributed by atoms with Gasteiger partial charge in [0.05, 0.1) is 25.2 Å². The number of esters is 1. The molecule has 3 N–H and O–H groups in total. The highest BCUT2D eigenvalue weighted by molar-refractivity contribution is 5.77. The number of aliphatic hydroxyl groups is 2. The number of nitrogens with one attached hydrogen (secondary N) is 1. The van der Waals surface area contributed by atoms with Gasteiger partial charge >= 0.3 is 5.97 Å². The molecule has 0 bridgehead atoms. The van der Waals surface area contributed by atoms with Crippen molar-refractivity contribution in [2.45, 2.75) is 251 Å². The summed E-state index contributed by atoms with van der Waals surface area (Å²) < 4.78 is 5.90. The minimum absolute atomic E-state index is 0.0322.